The molecule has 1 aromatic heterocycles. The van der Waals surface area contributed by atoms with E-state index in [0.29, 0.717) is 11.3 Å². The maximum Gasteiger partial charge on any atom is 0.335 e. The number of aromatic carboxylic acids is 1. The number of nitrogens with one attached hydrogen (secondary N) is 1. The standard InChI is InChI=1S/C37H45NO4/c1-20-9-10-34(3)11-13-37(6)30-17-24(25-19-38-27-16-22(33(41)42)7-8-23(25)27)31-21(2)32(40)28(39)18-26(31)35(30,4)12-14-36(37,5)29(34)15-20/h7-8,16-20,24,29,38-40H,9-15H2,1-6H3,(H,41,42)/t20-,24?,29+,34+,35-,36-,37?/m0/s1. The third-order valence-electron chi connectivity index (χ3n) is 13.4. The Morgan fingerprint density at radius 2 is 1.76 bits per heavy atom. The minimum Gasteiger partial charge on any atom is -0.504 e. The van der Waals surface area contributed by atoms with Gasteiger partial charge in [-0.3, -0.25) is 0 Å². The summed E-state index contributed by atoms with van der Waals surface area (Å²) in [6, 6.07) is 7.13. The van der Waals surface area contributed by atoms with Gasteiger partial charge in [-0.2, -0.15) is 0 Å². The van der Waals surface area contributed by atoms with Crippen molar-refractivity contribution >= 4 is 16.9 Å². The number of carboxylic acids is 1. The molecule has 0 bridgehead atoms. The van der Waals surface area contributed by atoms with E-state index in [1.807, 2.05) is 25.3 Å². The number of hydrogen-bond acceptors (Lipinski definition) is 3. The molecule has 7 atom stereocenters. The smallest absolute Gasteiger partial charge is 0.335 e. The van der Waals surface area contributed by atoms with E-state index >= 15 is 0 Å². The topological polar surface area (TPSA) is 93.5 Å². The van der Waals surface area contributed by atoms with E-state index in [4.69, 9.17) is 0 Å². The van der Waals surface area contributed by atoms with Crippen LogP contribution >= 0.6 is 0 Å². The monoisotopic (exact) mass is 567 g/mol. The summed E-state index contributed by atoms with van der Waals surface area (Å²) in [5.41, 5.74) is 6.85. The molecule has 1 heterocycles. The average molecular weight is 568 g/mol. The van der Waals surface area contributed by atoms with Crippen molar-refractivity contribution in [2.75, 3.05) is 0 Å². The molecule has 2 unspecified atom stereocenters. The number of phenols is 2. The van der Waals surface area contributed by atoms with Crippen LogP contribution in [0, 0.1) is 35.0 Å². The van der Waals surface area contributed by atoms with Crippen molar-refractivity contribution in [3.8, 4) is 11.5 Å². The summed E-state index contributed by atoms with van der Waals surface area (Å²) in [7, 11) is 0. The lowest BCUT2D eigenvalue weighted by molar-refractivity contribution is -0.145. The van der Waals surface area contributed by atoms with E-state index in [9.17, 15) is 20.1 Å². The Labute approximate surface area is 249 Å². The fourth-order valence-electron chi connectivity index (χ4n) is 10.6. The highest BCUT2D eigenvalue weighted by Crippen LogP contribution is 2.74. The Morgan fingerprint density at radius 3 is 2.50 bits per heavy atom. The summed E-state index contributed by atoms with van der Waals surface area (Å²) in [5, 5.41) is 32.5. The van der Waals surface area contributed by atoms with Gasteiger partial charge in [0.2, 0.25) is 0 Å². The van der Waals surface area contributed by atoms with Gasteiger partial charge in [0, 0.05) is 28.4 Å². The van der Waals surface area contributed by atoms with E-state index in [1.54, 1.807) is 12.1 Å². The lowest BCUT2D eigenvalue weighted by atomic mass is 9.35. The highest BCUT2D eigenvalue weighted by Gasteiger charge is 2.65. The molecule has 0 saturated heterocycles. The lowest BCUT2D eigenvalue weighted by Crippen LogP contribution is -2.61. The Kier molecular flexibility index (Phi) is 5.70. The lowest BCUT2D eigenvalue weighted by Gasteiger charge is -2.69. The van der Waals surface area contributed by atoms with E-state index < -0.39 is 5.97 Å². The molecule has 4 aliphatic rings. The van der Waals surface area contributed by atoms with Crippen molar-refractivity contribution in [1.29, 1.82) is 0 Å². The first-order valence-corrected chi connectivity index (χ1v) is 15.9. The molecule has 0 spiro atoms. The first kappa shape index (κ1) is 27.6. The van der Waals surface area contributed by atoms with Gasteiger partial charge in [0.1, 0.15) is 0 Å². The number of H-pyrrole nitrogens is 1. The van der Waals surface area contributed by atoms with Crippen LogP contribution in [-0.2, 0) is 5.41 Å². The fraction of sp³-hybridized carbons (Fsp3) is 0.541. The Morgan fingerprint density at radius 1 is 1.00 bits per heavy atom. The second-order valence-electron chi connectivity index (χ2n) is 15.4. The molecule has 4 N–H and O–H groups in total. The number of carbonyl (C=O) groups is 1. The quantitative estimate of drug-likeness (QED) is 0.184. The van der Waals surface area contributed by atoms with Crippen LogP contribution in [0.25, 0.3) is 10.9 Å². The third-order valence-corrected chi connectivity index (χ3v) is 13.4. The number of aromatic amines is 1. The molecular weight excluding hydrogens is 522 g/mol. The minimum absolute atomic E-state index is 0.00117. The van der Waals surface area contributed by atoms with Gasteiger partial charge in [-0.25, -0.2) is 4.79 Å². The number of fused-ring (bicyclic) bond motifs is 8. The molecule has 0 amide bonds. The van der Waals surface area contributed by atoms with Crippen LogP contribution in [0.2, 0.25) is 0 Å². The zero-order chi connectivity index (χ0) is 30.0. The number of aromatic hydroxyl groups is 2. The maximum atomic E-state index is 11.7. The molecule has 42 heavy (non-hydrogen) atoms. The molecule has 5 heteroatoms. The molecular formula is C37H45NO4. The summed E-state index contributed by atoms with van der Waals surface area (Å²) >= 11 is 0. The second kappa shape index (κ2) is 8.67. The molecule has 5 nitrogen and oxygen atoms in total. The third kappa shape index (κ3) is 3.40. The van der Waals surface area contributed by atoms with Gasteiger partial charge in [0.05, 0.1) is 5.56 Å². The molecule has 4 aliphatic carbocycles. The molecule has 7 rings (SSSR count). The predicted molar refractivity (Wildman–Crippen MR) is 166 cm³/mol. The van der Waals surface area contributed by atoms with E-state index in [2.05, 4.69) is 45.7 Å². The summed E-state index contributed by atoms with van der Waals surface area (Å²) in [6.07, 6.45) is 13.1. The number of phenolic OH excluding ortho intramolecular Hbond substituents is 2. The van der Waals surface area contributed by atoms with E-state index in [0.717, 1.165) is 58.3 Å². The molecule has 222 valence electrons. The molecule has 0 aliphatic heterocycles. The molecule has 3 fully saturated rings. The number of carboxylic acid groups (broad SMARTS) is 1. The molecule has 2 aromatic carbocycles. The zero-order valence-electron chi connectivity index (χ0n) is 25.9. The number of benzene rings is 2. The summed E-state index contributed by atoms with van der Waals surface area (Å²) in [4.78, 5) is 15.0. The fourth-order valence-corrected chi connectivity index (χ4v) is 10.6. The van der Waals surface area contributed by atoms with Gasteiger partial charge in [0.15, 0.2) is 11.5 Å². The van der Waals surface area contributed by atoms with Gasteiger partial charge >= 0.3 is 5.97 Å². The minimum atomic E-state index is -0.944. The van der Waals surface area contributed by atoms with Crippen LogP contribution in [0.1, 0.15) is 118 Å². The van der Waals surface area contributed by atoms with Crippen molar-refractivity contribution in [3.63, 3.8) is 0 Å². The number of aromatic nitrogens is 1. The Balaban J connectivity index is 1.47. The van der Waals surface area contributed by atoms with Crippen LogP contribution in [0.3, 0.4) is 0 Å². The number of allylic oxidation sites excluding steroid dienone is 2. The van der Waals surface area contributed by atoms with E-state index in [-0.39, 0.29) is 39.2 Å². The maximum absolute atomic E-state index is 11.7. The Hall–Kier alpha value is -3.21. The molecule has 3 aromatic rings. The first-order chi connectivity index (χ1) is 19.7. The van der Waals surface area contributed by atoms with Gasteiger partial charge in [-0.1, -0.05) is 58.8 Å². The van der Waals surface area contributed by atoms with Crippen LogP contribution in [0.5, 0.6) is 11.5 Å². The largest absolute Gasteiger partial charge is 0.504 e. The molecule has 3 saturated carbocycles. The van der Waals surface area contributed by atoms with Crippen molar-refractivity contribution in [3.05, 3.63) is 69.9 Å². The SMILES string of the molecule is Cc1c(O)c(O)cc2c1C(c1c[nH]c3cc(C(=O)O)ccc13)C=C1C3(C)CC[C@@]4(C)CC[C@H](C)C[C@H]4[C@]3(C)CC[C@]12C. The highest BCUT2D eigenvalue weighted by atomic mass is 16.4. The highest BCUT2D eigenvalue weighted by molar-refractivity contribution is 5.95. The van der Waals surface area contributed by atoms with Crippen LogP contribution in [-0.4, -0.2) is 26.3 Å². The van der Waals surface area contributed by atoms with Crippen molar-refractivity contribution < 1.29 is 20.1 Å². The van der Waals surface area contributed by atoms with Crippen molar-refractivity contribution in [1.82, 2.24) is 4.98 Å². The average Bonchev–Trinajstić information content (AvgIpc) is 3.37. The van der Waals surface area contributed by atoms with Gasteiger partial charge < -0.3 is 20.3 Å². The van der Waals surface area contributed by atoms with Crippen molar-refractivity contribution in [2.24, 2.45) is 28.1 Å². The van der Waals surface area contributed by atoms with Crippen LogP contribution in [0.15, 0.2) is 42.1 Å². The number of hydrogen-bond donors (Lipinski definition) is 4. The van der Waals surface area contributed by atoms with E-state index in [1.165, 1.54) is 31.3 Å². The Bertz CT molecular complexity index is 1680. The predicted octanol–water partition coefficient (Wildman–Crippen LogP) is 8.96. The summed E-state index contributed by atoms with van der Waals surface area (Å²) < 4.78 is 0. The van der Waals surface area contributed by atoms with Gasteiger partial charge in [-0.15, -0.1) is 0 Å². The van der Waals surface area contributed by atoms with Gasteiger partial charge in [-0.05, 0) is 114 Å². The molecule has 0 radical (unpaired) electrons. The summed E-state index contributed by atoms with van der Waals surface area (Å²) in [6.45, 7) is 14.4. The van der Waals surface area contributed by atoms with Gasteiger partial charge in [0.25, 0.3) is 0 Å². The number of rotatable bonds is 2. The summed E-state index contributed by atoms with van der Waals surface area (Å²) in [5.74, 6) is 0.263. The zero-order valence-corrected chi connectivity index (χ0v) is 25.9. The first-order valence-electron chi connectivity index (χ1n) is 15.9. The van der Waals surface area contributed by atoms with Crippen LogP contribution in [0.4, 0.5) is 0 Å². The van der Waals surface area contributed by atoms with Crippen LogP contribution < -0.4 is 0 Å². The normalized spacial score (nSPS) is 37.3. The second-order valence-corrected chi connectivity index (χ2v) is 15.4. The van der Waals surface area contributed by atoms with Crippen molar-refractivity contribution in [2.45, 2.75) is 97.8 Å².